The van der Waals surface area contributed by atoms with Gasteiger partial charge in [0, 0.05) is 35.4 Å². The summed E-state index contributed by atoms with van der Waals surface area (Å²) in [6, 6.07) is 33.4. The Bertz CT molecular complexity index is 2010. The van der Waals surface area contributed by atoms with E-state index in [1.54, 1.807) is 48.7 Å². The fourth-order valence-electron chi connectivity index (χ4n) is 6.06. The van der Waals surface area contributed by atoms with Crippen molar-refractivity contribution in [2.75, 3.05) is 19.3 Å². The van der Waals surface area contributed by atoms with Crippen LogP contribution in [0, 0.1) is 0 Å². The van der Waals surface area contributed by atoms with Crippen LogP contribution in [0.3, 0.4) is 0 Å². The molecule has 1 N–H and O–H groups in total. The maximum absolute atomic E-state index is 13.4. The molecule has 1 aliphatic heterocycles. The van der Waals surface area contributed by atoms with Gasteiger partial charge in [0.15, 0.2) is 0 Å². The predicted octanol–water partition coefficient (Wildman–Crippen LogP) is 7.76. The second kappa shape index (κ2) is 14.4. The van der Waals surface area contributed by atoms with Gasteiger partial charge in [-0.1, -0.05) is 79.4 Å². The quantitative estimate of drug-likeness (QED) is 0.161. The van der Waals surface area contributed by atoms with Crippen molar-refractivity contribution >= 4 is 54.2 Å². The predicted molar refractivity (Wildman–Crippen MR) is 192 cm³/mol. The highest BCUT2D eigenvalue weighted by Gasteiger charge is 2.23. The Morgan fingerprint density at radius 3 is 1.98 bits per heavy atom. The van der Waals surface area contributed by atoms with Crippen LogP contribution >= 0.6 is 0 Å². The molecular weight excluding hydrogens is 647 g/mol. The van der Waals surface area contributed by atoms with Crippen LogP contribution in [-0.2, 0) is 38.3 Å². The van der Waals surface area contributed by atoms with Gasteiger partial charge in [0.1, 0.15) is 16.6 Å². The summed E-state index contributed by atoms with van der Waals surface area (Å²) in [5.41, 5.74) is 4.93. The van der Waals surface area contributed by atoms with Gasteiger partial charge in [0.05, 0.1) is 32.4 Å². The number of carbonyl (C=O) groups is 1. The van der Waals surface area contributed by atoms with Crippen LogP contribution in [0.1, 0.15) is 45.8 Å². The molecule has 1 saturated heterocycles. The van der Waals surface area contributed by atoms with Crippen LogP contribution in [0.2, 0.25) is 0 Å². The van der Waals surface area contributed by atoms with Gasteiger partial charge in [-0.25, -0.2) is 12.7 Å². The van der Waals surface area contributed by atoms with Gasteiger partial charge in [-0.15, -0.1) is 0 Å². The third-order valence-corrected chi connectivity index (χ3v) is 12.5. The molecule has 0 spiro atoms. The minimum atomic E-state index is -1.95. The van der Waals surface area contributed by atoms with Crippen molar-refractivity contribution in [1.29, 1.82) is 0 Å². The monoisotopic (exact) mass is 681 g/mol. The lowest BCUT2D eigenvalue weighted by molar-refractivity contribution is 0.108. The van der Waals surface area contributed by atoms with Crippen LogP contribution in [0.4, 0.5) is 0 Å². The molecule has 3 unspecified atom stereocenters. The average molecular weight is 682 g/mol. The summed E-state index contributed by atoms with van der Waals surface area (Å²) in [6.45, 7) is 5.27. The van der Waals surface area contributed by atoms with Crippen LogP contribution in [0.25, 0.3) is 27.7 Å². The summed E-state index contributed by atoms with van der Waals surface area (Å²) in [6.07, 6.45) is 3.68. The van der Waals surface area contributed by atoms with E-state index in [-0.39, 0.29) is 5.76 Å². The first-order valence-corrected chi connectivity index (χ1v) is 19.3. The van der Waals surface area contributed by atoms with E-state index < -0.39 is 37.7 Å². The molecule has 9 heteroatoms. The Labute approximate surface area is 282 Å². The maximum Gasteiger partial charge on any atom is 0.253 e. The fourth-order valence-corrected chi connectivity index (χ4v) is 9.00. The van der Waals surface area contributed by atoms with Crippen molar-refractivity contribution in [2.24, 2.45) is 0 Å². The normalized spacial score (nSPS) is 16.0. The molecule has 5 aromatic rings. The van der Waals surface area contributed by atoms with Crippen LogP contribution in [0.5, 0.6) is 0 Å². The first-order chi connectivity index (χ1) is 22.7. The molecular formula is C38H35NO5S3. The number of hydrogen-bond acceptors (Lipinski definition) is 5. The van der Waals surface area contributed by atoms with Crippen molar-refractivity contribution in [3.63, 3.8) is 0 Å². The van der Waals surface area contributed by atoms with Gasteiger partial charge in [0.2, 0.25) is 0 Å². The van der Waals surface area contributed by atoms with Crippen LogP contribution < -0.4 is 0 Å². The first kappa shape index (κ1) is 32.9. The highest BCUT2D eigenvalue weighted by molar-refractivity contribution is 8.01. The third-order valence-electron chi connectivity index (χ3n) is 8.70. The number of aliphatic hydroxyl groups is 1. The second-order valence-electron chi connectivity index (χ2n) is 11.6. The lowest BCUT2D eigenvalue weighted by atomic mass is 9.90. The minimum Gasteiger partial charge on any atom is -0.508 e. The number of benzene rings is 5. The van der Waals surface area contributed by atoms with Gasteiger partial charge in [-0.2, -0.15) is 0 Å². The Morgan fingerprint density at radius 1 is 0.787 bits per heavy atom. The van der Waals surface area contributed by atoms with Gasteiger partial charge < -0.3 is 5.11 Å². The lowest BCUT2D eigenvalue weighted by Gasteiger charge is -2.30. The lowest BCUT2D eigenvalue weighted by Crippen LogP contribution is -2.33. The molecule has 6 rings (SSSR count). The number of hydrogen-bond donors (Lipinski definition) is 1. The van der Waals surface area contributed by atoms with Gasteiger partial charge in [-0.3, -0.25) is 9.00 Å². The third kappa shape index (κ3) is 7.28. The van der Waals surface area contributed by atoms with E-state index in [1.807, 2.05) is 58.9 Å². The molecule has 5 aromatic carbocycles. The molecule has 3 atom stereocenters. The SMILES string of the molecule is C=C(O)c1ccc(S(=O)C(=O)c2ccc(-c3ccc(CS(=O)c4ccc(C5CCN(S(C)=O)CC5)cc4)cc3)cc2)c2ccccc12. The standard InChI is InChI=1S/C38H35NO5S3/c1-26(40)34-19-20-37(36-6-4-3-5-35(34)36)47(44)38(41)32-13-11-29(12-14-32)28-9-7-27(8-10-28)25-46(43)33-17-15-30(16-18-33)31-21-23-39(24-22-31)45(2)42/h3-20,31,40H,1,21-25H2,2H3. The maximum atomic E-state index is 13.4. The first-order valence-electron chi connectivity index (χ1n) is 15.3. The van der Waals surface area contributed by atoms with E-state index in [4.69, 9.17) is 0 Å². The molecule has 0 bridgehead atoms. The number of aliphatic hydroxyl groups excluding tert-OH is 1. The summed E-state index contributed by atoms with van der Waals surface area (Å²) in [5, 5.41) is 10.8. The fraction of sp³-hybridized carbons (Fsp3) is 0.184. The van der Waals surface area contributed by atoms with Gasteiger partial charge in [-0.05, 0) is 88.2 Å². The molecule has 1 heterocycles. The molecule has 0 radical (unpaired) electrons. The van der Waals surface area contributed by atoms with Crippen molar-refractivity contribution in [3.8, 4) is 11.1 Å². The van der Waals surface area contributed by atoms with E-state index in [1.165, 1.54) is 5.56 Å². The highest BCUT2D eigenvalue weighted by atomic mass is 32.2. The zero-order valence-electron chi connectivity index (χ0n) is 26.0. The molecule has 1 fully saturated rings. The second-order valence-corrected chi connectivity index (χ2v) is 15.8. The Kier molecular flexibility index (Phi) is 10.1. The molecule has 6 nitrogen and oxygen atoms in total. The van der Waals surface area contributed by atoms with Gasteiger partial charge >= 0.3 is 0 Å². The smallest absolute Gasteiger partial charge is 0.253 e. The average Bonchev–Trinajstić information content (AvgIpc) is 3.11. The number of fused-ring (bicyclic) bond motifs is 1. The topological polar surface area (TPSA) is 91.8 Å². The number of piperidine rings is 1. The van der Waals surface area contributed by atoms with Crippen molar-refractivity contribution in [3.05, 3.63) is 138 Å². The number of rotatable bonds is 9. The van der Waals surface area contributed by atoms with E-state index in [0.717, 1.165) is 47.5 Å². The van der Waals surface area contributed by atoms with E-state index in [9.17, 15) is 22.5 Å². The molecule has 240 valence electrons. The minimum absolute atomic E-state index is 0.0902. The van der Waals surface area contributed by atoms with Crippen molar-refractivity contribution in [1.82, 2.24) is 4.31 Å². The summed E-state index contributed by atoms with van der Waals surface area (Å²) in [7, 11) is -4.05. The summed E-state index contributed by atoms with van der Waals surface area (Å²) in [4.78, 5) is 14.4. The molecule has 0 aromatic heterocycles. The molecule has 0 aliphatic carbocycles. The largest absolute Gasteiger partial charge is 0.508 e. The van der Waals surface area contributed by atoms with Gasteiger partial charge in [0.25, 0.3) is 5.12 Å². The van der Waals surface area contributed by atoms with E-state index >= 15 is 0 Å². The highest BCUT2D eigenvalue weighted by Crippen LogP contribution is 2.31. The zero-order valence-corrected chi connectivity index (χ0v) is 28.4. The number of nitrogens with zero attached hydrogens (tertiary/aromatic N) is 1. The summed E-state index contributed by atoms with van der Waals surface area (Å²) < 4.78 is 40.3. The Balaban J connectivity index is 1.09. The van der Waals surface area contributed by atoms with Crippen LogP contribution in [0.15, 0.2) is 126 Å². The summed E-state index contributed by atoms with van der Waals surface area (Å²) in [5.74, 6) is 0.750. The van der Waals surface area contributed by atoms with Crippen LogP contribution in [-0.4, -0.2) is 46.5 Å². The molecule has 47 heavy (non-hydrogen) atoms. The molecule has 1 aliphatic rings. The Morgan fingerprint density at radius 2 is 1.38 bits per heavy atom. The molecule has 0 saturated carbocycles. The molecule has 0 amide bonds. The Hall–Kier alpha value is -4.02. The number of carbonyl (C=O) groups excluding carboxylic acids is 1. The zero-order chi connectivity index (χ0) is 33.1. The van der Waals surface area contributed by atoms with E-state index in [2.05, 4.69) is 18.7 Å². The van der Waals surface area contributed by atoms with Crippen molar-refractivity contribution < 1.29 is 22.5 Å². The van der Waals surface area contributed by atoms with Crippen molar-refractivity contribution in [2.45, 2.75) is 34.3 Å². The summed E-state index contributed by atoms with van der Waals surface area (Å²) >= 11 is 0. The van der Waals surface area contributed by atoms with E-state index in [0.29, 0.717) is 38.5 Å².